The van der Waals surface area contributed by atoms with E-state index in [1.54, 1.807) is 0 Å². The van der Waals surface area contributed by atoms with Gasteiger partial charge in [0, 0.05) is 5.69 Å². The molecule has 0 saturated carbocycles. The van der Waals surface area contributed by atoms with Crippen molar-refractivity contribution in [3.63, 3.8) is 0 Å². The van der Waals surface area contributed by atoms with E-state index in [4.69, 9.17) is 9.15 Å². The average molecular weight is 433 g/mol. The standard InChI is InChI=1S/C24H20N2O4S/c27-22(25-19-11-5-4-10-18(19)14-17-8-2-1-3-9-17)15-29-23(28)16-31-24-26-20-12-6-7-13-21(20)30-24/h1-13H,14-16H2,(H,25,27). The Labute approximate surface area is 183 Å². The number of oxazole rings is 1. The molecule has 31 heavy (non-hydrogen) atoms. The van der Waals surface area contributed by atoms with Gasteiger partial charge in [-0.3, -0.25) is 9.59 Å². The quantitative estimate of drug-likeness (QED) is 0.321. The second kappa shape index (κ2) is 9.95. The molecule has 0 fully saturated rings. The van der Waals surface area contributed by atoms with Crippen molar-refractivity contribution in [1.29, 1.82) is 0 Å². The first-order valence-corrected chi connectivity index (χ1v) is 10.7. The molecule has 0 spiro atoms. The summed E-state index contributed by atoms with van der Waals surface area (Å²) in [5.41, 5.74) is 4.22. The summed E-state index contributed by atoms with van der Waals surface area (Å²) >= 11 is 1.13. The number of aromatic nitrogens is 1. The number of hydrogen-bond acceptors (Lipinski definition) is 6. The molecule has 0 aliphatic heterocycles. The number of anilines is 1. The maximum atomic E-state index is 12.3. The van der Waals surface area contributed by atoms with Crippen LogP contribution in [-0.4, -0.2) is 29.2 Å². The zero-order valence-electron chi connectivity index (χ0n) is 16.6. The Hall–Kier alpha value is -3.58. The first-order valence-electron chi connectivity index (χ1n) is 9.73. The van der Waals surface area contributed by atoms with Crippen LogP contribution < -0.4 is 5.32 Å². The number of para-hydroxylation sites is 3. The number of fused-ring (bicyclic) bond motifs is 1. The summed E-state index contributed by atoms with van der Waals surface area (Å²) in [6.45, 7) is -0.355. The third kappa shape index (κ3) is 5.73. The van der Waals surface area contributed by atoms with Gasteiger partial charge < -0.3 is 14.5 Å². The minimum atomic E-state index is -0.514. The van der Waals surface area contributed by atoms with E-state index < -0.39 is 5.97 Å². The molecule has 1 amide bonds. The smallest absolute Gasteiger partial charge is 0.316 e. The molecule has 156 valence electrons. The summed E-state index contributed by atoms with van der Waals surface area (Å²) < 4.78 is 10.6. The number of thioether (sulfide) groups is 1. The highest BCUT2D eigenvalue weighted by Gasteiger charge is 2.13. The normalized spacial score (nSPS) is 10.7. The number of benzene rings is 3. The molecule has 3 aromatic carbocycles. The minimum absolute atomic E-state index is 0.00466. The molecule has 1 aromatic heterocycles. The van der Waals surface area contributed by atoms with Crippen LogP contribution in [0.2, 0.25) is 0 Å². The number of nitrogens with one attached hydrogen (secondary N) is 1. The average Bonchev–Trinajstić information content (AvgIpc) is 3.21. The van der Waals surface area contributed by atoms with Gasteiger partial charge in [-0.15, -0.1) is 0 Å². The molecule has 0 aliphatic carbocycles. The fraction of sp³-hybridized carbons (Fsp3) is 0.125. The lowest BCUT2D eigenvalue weighted by Gasteiger charge is -2.11. The van der Waals surface area contributed by atoms with Crippen molar-refractivity contribution in [3.8, 4) is 0 Å². The summed E-state index contributed by atoms with van der Waals surface area (Å²) in [6.07, 6.45) is 0.693. The van der Waals surface area contributed by atoms with Crippen molar-refractivity contribution in [2.75, 3.05) is 17.7 Å². The zero-order chi connectivity index (χ0) is 21.5. The maximum Gasteiger partial charge on any atom is 0.316 e. The molecule has 4 aromatic rings. The van der Waals surface area contributed by atoms with E-state index in [0.29, 0.717) is 22.9 Å². The van der Waals surface area contributed by atoms with Crippen LogP contribution in [0.15, 0.2) is 88.5 Å². The van der Waals surface area contributed by atoms with Gasteiger partial charge in [0.1, 0.15) is 11.3 Å². The zero-order valence-corrected chi connectivity index (χ0v) is 17.4. The van der Waals surface area contributed by atoms with Gasteiger partial charge in [-0.05, 0) is 35.7 Å². The lowest BCUT2D eigenvalue weighted by molar-refractivity contribution is -0.144. The lowest BCUT2D eigenvalue weighted by atomic mass is 10.0. The van der Waals surface area contributed by atoms with Crippen molar-refractivity contribution in [1.82, 2.24) is 4.98 Å². The molecule has 0 atom stereocenters. The Balaban J connectivity index is 1.26. The summed E-state index contributed by atoms with van der Waals surface area (Å²) in [7, 11) is 0. The van der Waals surface area contributed by atoms with E-state index in [2.05, 4.69) is 10.3 Å². The van der Waals surface area contributed by atoms with Crippen LogP contribution >= 0.6 is 11.8 Å². The maximum absolute atomic E-state index is 12.3. The molecule has 4 rings (SSSR count). The second-order valence-corrected chi connectivity index (χ2v) is 7.69. The van der Waals surface area contributed by atoms with Crippen LogP contribution in [0, 0.1) is 0 Å². The molecule has 0 aliphatic rings. The Morgan fingerprint density at radius 2 is 1.68 bits per heavy atom. The molecule has 0 radical (unpaired) electrons. The topological polar surface area (TPSA) is 81.4 Å². The predicted molar refractivity (Wildman–Crippen MR) is 120 cm³/mol. The van der Waals surface area contributed by atoms with Crippen LogP contribution in [0.25, 0.3) is 11.1 Å². The summed E-state index contributed by atoms with van der Waals surface area (Å²) in [6, 6.07) is 24.9. The number of amides is 1. The molecule has 1 heterocycles. The summed E-state index contributed by atoms with van der Waals surface area (Å²) in [4.78, 5) is 28.6. The van der Waals surface area contributed by atoms with Gasteiger partial charge in [-0.1, -0.05) is 72.4 Å². The molecular weight excluding hydrogens is 412 g/mol. The van der Waals surface area contributed by atoms with Crippen LogP contribution in [0.5, 0.6) is 0 Å². The molecular formula is C24H20N2O4S. The number of nitrogens with zero attached hydrogens (tertiary/aromatic N) is 1. The van der Waals surface area contributed by atoms with E-state index in [0.717, 1.165) is 28.4 Å². The predicted octanol–water partition coefficient (Wildman–Crippen LogP) is 4.69. The van der Waals surface area contributed by atoms with Crippen molar-refractivity contribution in [3.05, 3.63) is 90.0 Å². The number of carbonyl (C=O) groups excluding carboxylic acids is 2. The van der Waals surface area contributed by atoms with Gasteiger partial charge in [-0.2, -0.15) is 0 Å². The fourth-order valence-corrected chi connectivity index (χ4v) is 3.66. The monoisotopic (exact) mass is 432 g/mol. The Morgan fingerprint density at radius 1 is 0.935 bits per heavy atom. The van der Waals surface area contributed by atoms with Crippen molar-refractivity contribution in [2.24, 2.45) is 0 Å². The van der Waals surface area contributed by atoms with Gasteiger partial charge in [-0.25, -0.2) is 4.98 Å². The molecule has 0 saturated heterocycles. The van der Waals surface area contributed by atoms with Crippen LogP contribution in [0.1, 0.15) is 11.1 Å². The SMILES string of the molecule is O=C(COC(=O)CSc1nc2ccccc2o1)Nc1ccccc1Cc1ccccc1. The highest BCUT2D eigenvalue weighted by molar-refractivity contribution is 7.99. The second-order valence-electron chi connectivity index (χ2n) is 6.76. The van der Waals surface area contributed by atoms with E-state index in [1.165, 1.54) is 0 Å². The Kier molecular flexibility index (Phi) is 6.64. The first-order chi connectivity index (χ1) is 15.2. The summed E-state index contributed by atoms with van der Waals surface area (Å²) in [5, 5.41) is 3.21. The molecule has 1 N–H and O–H groups in total. The Morgan fingerprint density at radius 3 is 2.52 bits per heavy atom. The molecule has 6 nitrogen and oxygen atoms in total. The van der Waals surface area contributed by atoms with Crippen molar-refractivity contribution >= 4 is 40.4 Å². The van der Waals surface area contributed by atoms with Crippen LogP contribution in [0.4, 0.5) is 5.69 Å². The summed E-state index contributed by atoms with van der Waals surface area (Å²) in [5.74, 6) is -0.897. The number of ether oxygens (including phenoxy) is 1. The number of esters is 1. The van der Waals surface area contributed by atoms with Crippen LogP contribution in [-0.2, 0) is 20.7 Å². The van der Waals surface area contributed by atoms with Gasteiger partial charge >= 0.3 is 5.97 Å². The van der Waals surface area contributed by atoms with Gasteiger partial charge in [0.15, 0.2) is 12.2 Å². The minimum Gasteiger partial charge on any atom is -0.455 e. The van der Waals surface area contributed by atoms with E-state index in [1.807, 2.05) is 78.9 Å². The van der Waals surface area contributed by atoms with E-state index in [9.17, 15) is 9.59 Å². The number of carbonyl (C=O) groups is 2. The van der Waals surface area contributed by atoms with E-state index >= 15 is 0 Å². The largest absolute Gasteiger partial charge is 0.455 e. The third-order valence-corrected chi connectivity index (χ3v) is 5.28. The highest BCUT2D eigenvalue weighted by atomic mass is 32.2. The first kappa shape index (κ1) is 20.7. The molecule has 0 bridgehead atoms. The van der Waals surface area contributed by atoms with Gasteiger partial charge in [0.2, 0.25) is 0 Å². The highest BCUT2D eigenvalue weighted by Crippen LogP contribution is 2.23. The van der Waals surface area contributed by atoms with Gasteiger partial charge in [0.25, 0.3) is 11.1 Å². The lowest BCUT2D eigenvalue weighted by Crippen LogP contribution is -2.22. The van der Waals surface area contributed by atoms with Crippen LogP contribution in [0.3, 0.4) is 0 Å². The molecule has 0 unspecified atom stereocenters. The van der Waals surface area contributed by atoms with E-state index in [-0.39, 0.29) is 18.3 Å². The Bertz CT molecular complexity index is 1160. The molecule has 7 heteroatoms. The van der Waals surface area contributed by atoms with Crippen molar-refractivity contribution in [2.45, 2.75) is 11.6 Å². The fourth-order valence-electron chi connectivity index (χ4n) is 3.02. The van der Waals surface area contributed by atoms with Crippen molar-refractivity contribution < 1.29 is 18.7 Å². The number of hydrogen-bond donors (Lipinski definition) is 1. The third-order valence-electron chi connectivity index (χ3n) is 4.48. The van der Waals surface area contributed by atoms with Gasteiger partial charge in [0.05, 0.1) is 0 Å². The number of rotatable bonds is 8.